The fraction of sp³-hybridized carbons (Fsp3) is 0.692. The predicted molar refractivity (Wildman–Crippen MR) is 87.5 cm³/mol. The van der Waals surface area contributed by atoms with Gasteiger partial charge in [-0.05, 0) is 23.9 Å². The molecule has 1 atom stereocenters. The summed E-state index contributed by atoms with van der Waals surface area (Å²) in [5.74, 6) is 1.82. The lowest BCUT2D eigenvalue weighted by molar-refractivity contribution is 0.389. The second kappa shape index (κ2) is 6.14. The van der Waals surface area contributed by atoms with Crippen molar-refractivity contribution in [2.75, 3.05) is 11.5 Å². The second-order valence-corrected chi connectivity index (χ2v) is 10.8. The van der Waals surface area contributed by atoms with Crippen LogP contribution in [0.5, 0.6) is 0 Å². The lowest BCUT2D eigenvalue weighted by Crippen LogP contribution is -2.12. The first kappa shape index (κ1) is 16.8. The average molecular weight is 375 g/mol. The minimum absolute atomic E-state index is 0.0762. The minimum atomic E-state index is -2.88. The summed E-state index contributed by atoms with van der Waals surface area (Å²) in [5.41, 5.74) is -0.0940. The van der Waals surface area contributed by atoms with Crippen LogP contribution >= 0.6 is 23.3 Å². The van der Waals surface area contributed by atoms with Crippen molar-refractivity contribution in [1.82, 2.24) is 19.6 Å². The summed E-state index contributed by atoms with van der Waals surface area (Å²) in [7, 11) is -2.88. The van der Waals surface area contributed by atoms with Crippen molar-refractivity contribution < 1.29 is 12.8 Å². The summed E-state index contributed by atoms with van der Waals surface area (Å²) in [6.45, 7) is 6.18. The fourth-order valence-electron chi connectivity index (χ4n) is 2.27. The van der Waals surface area contributed by atoms with Crippen molar-refractivity contribution in [3.63, 3.8) is 0 Å². The Bertz CT molecular complexity index is 791. The third-order valence-corrected chi connectivity index (χ3v) is 6.92. The Morgan fingerprint density at radius 2 is 2.13 bits per heavy atom. The molecule has 7 nitrogen and oxygen atoms in total. The molecule has 2 aromatic rings. The Morgan fingerprint density at radius 3 is 2.74 bits per heavy atom. The molecular formula is C13H18N4O3S3. The van der Waals surface area contributed by atoms with E-state index in [1.54, 1.807) is 0 Å². The molecule has 0 aromatic carbocycles. The first-order valence-corrected chi connectivity index (χ1v) is 10.7. The quantitative estimate of drug-likeness (QED) is 0.804. The van der Waals surface area contributed by atoms with E-state index in [2.05, 4.69) is 40.3 Å². The molecule has 0 radical (unpaired) electrons. The van der Waals surface area contributed by atoms with Crippen molar-refractivity contribution >= 4 is 33.1 Å². The Hall–Kier alpha value is -1.00. The van der Waals surface area contributed by atoms with Gasteiger partial charge in [-0.2, -0.15) is 4.37 Å². The molecule has 23 heavy (non-hydrogen) atoms. The molecular weight excluding hydrogens is 356 g/mol. The summed E-state index contributed by atoms with van der Waals surface area (Å²) in [5, 5.41) is 8.41. The number of hydrogen-bond acceptors (Lipinski definition) is 9. The third-order valence-electron chi connectivity index (χ3n) is 3.49. The van der Waals surface area contributed by atoms with E-state index in [-0.39, 0.29) is 22.8 Å². The highest BCUT2D eigenvalue weighted by Gasteiger charge is 2.29. The van der Waals surface area contributed by atoms with Crippen LogP contribution in [-0.4, -0.2) is 39.5 Å². The molecule has 1 aliphatic rings. The largest absolute Gasteiger partial charge is 0.416 e. The highest BCUT2D eigenvalue weighted by Crippen LogP contribution is 2.31. The molecule has 0 amide bonds. The zero-order valence-electron chi connectivity index (χ0n) is 13.1. The van der Waals surface area contributed by atoms with Gasteiger partial charge in [0.2, 0.25) is 5.89 Å². The van der Waals surface area contributed by atoms with Gasteiger partial charge in [0.15, 0.2) is 14.2 Å². The molecule has 3 heterocycles. The van der Waals surface area contributed by atoms with E-state index in [0.717, 1.165) is 10.2 Å². The van der Waals surface area contributed by atoms with Gasteiger partial charge in [-0.3, -0.25) is 0 Å². The maximum absolute atomic E-state index is 11.5. The van der Waals surface area contributed by atoms with Crippen molar-refractivity contribution in [3.8, 4) is 0 Å². The van der Waals surface area contributed by atoms with E-state index in [4.69, 9.17) is 4.42 Å². The predicted octanol–water partition coefficient (Wildman–Crippen LogP) is 2.35. The smallest absolute Gasteiger partial charge is 0.283 e. The molecule has 0 spiro atoms. The Kier molecular flexibility index (Phi) is 4.49. The molecule has 126 valence electrons. The second-order valence-electron chi connectivity index (χ2n) is 6.67. The summed E-state index contributed by atoms with van der Waals surface area (Å²) in [6.07, 6.45) is 1.18. The van der Waals surface area contributed by atoms with Gasteiger partial charge in [-0.15, -0.1) is 10.2 Å². The molecule has 10 heteroatoms. The maximum atomic E-state index is 11.5. The molecule has 1 fully saturated rings. The van der Waals surface area contributed by atoms with Crippen LogP contribution in [0.3, 0.4) is 0 Å². The van der Waals surface area contributed by atoms with Crippen LogP contribution in [-0.2, 0) is 21.7 Å². The van der Waals surface area contributed by atoms with Crippen LogP contribution < -0.4 is 0 Å². The zero-order chi connectivity index (χ0) is 16.7. The van der Waals surface area contributed by atoms with Crippen molar-refractivity contribution in [2.24, 2.45) is 5.92 Å². The molecule has 0 saturated carbocycles. The van der Waals surface area contributed by atoms with Crippen LogP contribution in [0, 0.1) is 5.92 Å². The number of hydrogen-bond donors (Lipinski definition) is 0. The van der Waals surface area contributed by atoms with E-state index in [0.29, 0.717) is 24.0 Å². The van der Waals surface area contributed by atoms with Crippen molar-refractivity contribution in [2.45, 2.75) is 48.6 Å². The number of rotatable bonds is 4. The molecule has 1 saturated heterocycles. The summed E-state index contributed by atoms with van der Waals surface area (Å²) < 4.78 is 33.7. The molecule has 0 aliphatic carbocycles. The van der Waals surface area contributed by atoms with Gasteiger partial charge in [-0.1, -0.05) is 20.8 Å². The first-order chi connectivity index (χ1) is 10.7. The Balaban J connectivity index is 1.62. The van der Waals surface area contributed by atoms with Crippen molar-refractivity contribution in [3.05, 3.63) is 11.7 Å². The Labute approximate surface area is 143 Å². The Morgan fingerprint density at radius 1 is 1.35 bits per heavy atom. The normalized spacial score (nSPS) is 20.9. The summed E-state index contributed by atoms with van der Waals surface area (Å²) >= 11 is 2.60. The van der Waals surface area contributed by atoms with Crippen LogP contribution in [0.1, 0.15) is 38.9 Å². The third kappa shape index (κ3) is 4.30. The van der Waals surface area contributed by atoms with E-state index in [1.807, 2.05) is 0 Å². The fourth-order valence-corrected chi connectivity index (χ4v) is 5.72. The molecule has 2 aromatic heterocycles. The molecule has 0 bridgehead atoms. The highest BCUT2D eigenvalue weighted by molar-refractivity contribution is 8.00. The van der Waals surface area contributed by atoms with Gasteiger partial charge in [0.05, 0.1) is 11.5 Å². The molecule has 0 N–H and O–H groups in total. The monoisotopic (exact) mass is 374 g/mol. The highest BCUT2D eigenvalue weighted by atomic mass is 32.2. The summed E-state index contributed by atoms with van der Waals surface area (Å²) in [4.78, 5) is 4.47. The van der Waals surface area contributed by atoms with E-state index in [1.165, 1.54) is 23.3 Å². The maximum Gasteiger partial charge on any atom is 0.283 e. The SMILES string of the molecule is CC(C)(C)c1nsc(Sc2nnc(CC3CCS(=O)(=O)C3)o2)n1. The number of aromatic nitrogens is 4. The van der Waals surface area contributed by atoms with Gasteiger partial charge in [-0.25, -0.2) is 13.4 Å². The van der Waals surface area contributed by atoms with E-state index < -0.39 is 9.84 Å². The first-order valence-electron chi connectivity index (χ1n) is 7.26. The minimum Gasteiger partial charge on any atom is -0.416 e. The number of sulfone groups is 1. The number of nitrogens with zero attached hydrogens (tertiary/aromatic N) is 4. The van der Waals surface area contributed by atoms with Crippen molar-refractivity contribution in [1.29, 1.82) is 0 Å². The van der Waals surface area contributed by atoms with Crippen LogP contribution in [0.2, 0.25) is 0 Å². The average Bonchev–Trinajstić information content (AvgIpc) is 3.11. The van der Waals surface area contributed by atoms with Gasteiger partial charge in [0.1, 0.15) is 5.82 Å². The topological polar surface area (TPSA) is 98.8 Å². The molecule has 1 unspecified atom stereocenters. The van der Waals surface area contributed by atoms with Gasteiger partial charge < -0.3 is 4.42 Å². The van der Waals surface area contributed by atoms with Gasteiger partial charge in [0, 0.05) is 23.6 Å². The van der Waals surface area contributed by atoms with Crippen LogP contribution in [0.15, 0.2) is 14.0 Å². The van der Waals surface area contributed by atoms with E-state index in [9.17, 15) is 8.42 Å². The van der Waals surface area contributed by atoms with Crippen LogP contribution in [0.25, 0.3) is 0 Å². The standard InChI is InChI=1S/C13H18N4O3S3/c1-13(2,3)10-14-12(22-17-10)21-11-16-15-9(20-11)6-8-4-5-23(18,19)7-8/h8H,4-7H2,1-3H3. The van der Waals surface area contributed by atoms with Gasteiger partial charge in [0.25, 0.3) is 5.22 Å². The zero-order valence-corrected chi connectivity index (χ0v) is 15.6. The van der Waals surface area contributed by atoms with E-state index >= 15 is 0 Å². The summed E-state index contributed by atoms with van der Waals surface area (Å²) in [6, 6.07) is 0. The lowest BCUT2D eigenvalue weighted by Gasteiger charge is -2.11. The van der Waals surface area contributed by atoms with Crippen LogP contribution in [0.4, 0.5) is 0 Å². The lowest BCUT2D eigenvalue weighted by atomic mass is 9.96. The molecule has 3 rings (SSSR count). The molecule has 1 aliphatic heterocycles. The van der Waals surface area contributed by atoms with Gasteiger partial charge >= 0.3 is 0 Å².